The molecule has 0 aliphatic carbocycles. The van der Waals surface area contributed by atoms with Crippen molar-refractivity contribution in [3.05, 3.63) is 63.9 Å². The Morgan fingerprint density at radius 2 is 1.71 bits per heavy atom. The first-order valence-electron chi connectivity index (χ1n) is 8.68. The summed E-state index contributed by atoms with van der Waals surface area (Å²) >= 11 is 11.8. The number of nitrogens with zero attached hydrogens (tertiary/aromatic N) is 1. The number of carbonyl (C=O) groups excluding carboxylic acids is 2. The highest BCUT2D eigenvalue weighted by Gasteiger charge is 2.22. The number of hydrogen-bond donors (Lipinski definition) is 2. The number of hydrogen-bond acceptors (Lipinski definition) is 3. The molecular weight excluding hydrogens is 404 g/mol. The van der Waals surface area contributed by atoms with E-state index in [0.29, 0.717) is 15.7 Å². The molecule has 0 saturated heterocycles. The third-order valence-corrected chi connectivity index (χ3v) is 5.10. The molecule has 0 spiro atoms. The maximum Gasteiger partial charge on any atom is 0.238 e. The zero-order valence-corrected chi connectivity index (χ0v) is 17.3. The van der Waals surface area contributed by atoms with Crippen molar-refractivity contribution in [3.63, 3.8) is 0 Å². The van der Waals surface area contributed by atoms with Gasteiger partial charge in [-0.2, -0.15) is 0 Å². The molecule has 2 aromatic carbocycles. The van der Waals surface area contributed by atoms with Gasteiger partial charge in [0.1, 0.15) is 5.82 Å². The number of halogens is 3. The number of likely N-dealkylation sites (N-methyl/N-ethyl adjacent to an activating group) is 1. The Hall–Kier alpha value is -2.15. The summed E-state index contributed by atoms with van der Waals surface area (Å²) in [6, 6.07) is 9.92. The predicted molar refractivity (Wildman–Crippen MR) is 110 cm³/mol. The first-order chi connectivity index (χ1) is 13.2. The van der Waals surface area contributed by atoms with Crippen molar-refractivity contribution < 1.29 is 14.0 Å². The van der Waals surface area contributed by atoms with E-state index in [2.05, 4.69) is 10.6 Å². The molecule has 0 aliphatic heterocycles. The molecule has 2 unspecified atom stereocenters. The smallest absolute Gasteiger partial charge is 0.238 e. The standard InChI is InChI=1S/C20H22Cl2FN3O2/c1-12(14-4-6-15(23)7-5-14)24-20(28)13(2)26(3)11-19(27)25-16-8-9-17(21)18(22)10-16/h4-10,12-13H,11H2,1-3H3,(H,24,28)(H,25,27). The van der Waals surface area contributed by atoms with Crippen molar-refractivity contribution in [3.8, 4) is 0 Å². The number of rotatable bonds is 7. The van der Waals surface area contributed by atoms with E-state index in [1.165, 1.54) is 12.1 Å². The molecule has 0 bridgehead atoms. The third-order valence-electron chi connectivity index (χ3n) is 4.37. The second kappa shape index (κ2) is 9.87. The van der Waals surface area contributed by atoms with E-state index in [9.17, 15) is 14.0 Å². The summed E-state index contributed by atoms with van der Waals surface area (Å²) in [5, 5.41) is 6.32. The van der Waals surface area contributed by atoms with Gasteiger partial charge in [0, 0.05) is 5.69 Å². The van der Waals surface area contributed by atoms with Crippen LogP contribution in [0.1, 0.15) is 25.5 Å². The zero-order chi connectivity index (χ0) is 20.8. The molecule has 28 heavy (non-hydrogen) atoms. The Bertz CT molecular complexity index is 846. The third kappa shape index (κ3) is 6.19. The molecule has 5 nitrogen and oxygen atoms in total. The number of anilines is 1. The van der Waals surface area contributed by atoms with Crippen LogP contribution in [0.4, 0.5) is 10.1 Å². The summed E-state index contributed by atoms with van der Waals surface area (Å²) in [7, 11) is 1.68. The van der Waals surface area contributed by atoms with Crippen LogP contribution in [0.25, 0.3) is 0 Å². The predicted octanol–water partition coefficient (Wildman–Crippen LogP) is 4.27. The molecule has 0 aliphatic rings. The minimum Gasteiger partial charge on any atom is -0.348 e. The molecule has 2 aromatic rings. The minimum absolute atomic E-state index is 0.0137. The fourth-order valence-corrected chi connectivity index (χ4v) is 2.80. The summed E-state index contributed by atoms with van der Waals surface area (Å²) < 4.78 is 13.0. The maximum absolute atomic E-state index is 13.0. The summed E-state index contributed by atoms with van der Waals surface area (Å²) in [5.41, 5.74) is 1.32. The van der Waals surface area contributed by atoms with Crippen LogP contribution in [-0.2, 0) is 9.59 Å². The average Bonchev–Trinajstić information content (AvgIpc) is 2.64. The first-order valence-corrected chi connectivity index (χ1v) is 9.44. The maximum atomic E-state index is 13.0. The highest BCUT2D eigenvalue weighted by Crippen LogP contribution is 2.25. The lowest BCUT2D eigenvalue weighted by Gasteiger charge is -2.25. The molecule has 2 N–H and O–H groups in total. The number of nitrogens with one attached hydrogen (secondary N) is 2. The van der Waals surface area contributed by atoms with Crippen LogP contribution in [-0.4, -0.2) is 36.3 Å². The van der Waals surface area contributed by atoms with Gasteiger partial charge in [0.2, 0.25) is 11.8 Å². The lowest BCUT2D eigenvalue weighted by atomic mass is 10.1. The molecule has 0 fully saturated rings. The molecule has 2 rings (SSSR count). The van der Waals surface area contributed by atoms with Crippen LogP contribution in [0.5, 0.6) is 0 Å². The van der Waals surface area contributed by atoms with Crippen molar-refractivity contribution in [2.24, 2.45) is 0 Å². The van der Waals surface area contributed by atoms with E-state index in [0.717, 1.165) is 5.56 Å². The SMILES string of the molecule is CC(NC(=O)C(C)N(C)CC(=O)Nc1ccc(Cl)c(Cl)c1)c1ccc(F)cc1. The summed E-state index contributed by atoms with van der Waals surface area (Å²) in [6.07, 6.45) is 0. The molecule has 0 saturated carbocycles. The zero-order valence-electron chi connectivity index (χ0n) is 15.8. The van der Waals surface area contributed by atoms with Gasteiger partial charge >= 0.3 is 0 Å². The molecule has 0 radical (unpaired) electrons. The topological polar surface area (TPSA) is 61.4 Å². The van der Waals surface area contributed by atoms with Gasteiger partial charge in [0.15, 0.2) is 0 Å². The van der Waals surface area contributed by atoms with Gasteiger partial charge in [-0.05, 0) is 56.8 Å². The van der Waals surface area contributed by atoms with E-state index in [4.69, 9.17) is 23.2 Å². The molecule has 0 aromatic heterocycles. The molecular formula is C20H22Cl2FN3O2. The van der Waals surface area contributed by atoms with Crippen LogP contribution in [0.15, 0.2) is 42.5 Å². The minimum atomic E-state index is -0.539. The van der Waals surface area contributed by atoms with Crippen molar-refractivity contribution in [1.82, 2.24) is 10.2 Å². The van der Waals surface area contributed by atoms with Crippen LogP contribution in [0.3, 0.4) is 0 Å². The van der Waals surface area contributed by atoms with Gasteiger partial charge in [-0.15, -0.1) is 0 Å². The fourth-order valence-electron chi connectivity index (χ4n) is 2.51. The molecule has 8 heteroatoms. The van der Waals surface area contributed by atoms with Gasteiger partial charge in [-0.1, -0.05) is 35.3 Å². The Balaban J connectivity index is 1.88. The van der Waals surface area contributed by atoms with E-state index in [1.54, 1.807) is 49.2 Å². The number of amides is 2. The number of carbonyl (C=O) groups is 2. The van der Waals surface area contributed by atoms with Crippen LogP contribution >= 0.6 is 23.2 Å². The molecule has 0 heterocycles. The normalized spacial score (nSPS) is 13.1. The molecule has 2 amide bonds. The van der Waals surface area contributed by atoms with Gasteiger partial charge in [0.25, 0.3) is 0 Å². The van der Waals surface area contributed by atoms with Crippen LogP contribution in [0, 0.1) is 5.82 Å². The van der Waals surface area contributed by atoms with Crippen molar-refractivity contribution in [2.75, 3.05) is 18.9 Å². The molecule has 150 valence electrons. The van der Waals surface area contributed by atoms with E-state index in [-0.39, 0.29) is 30.2 Å². The van der Waals surface area contributed by atoms with E-state index < -0.39 is 6.04 Å². The van der Waals surface area contributed by atoms with Crippen molar-refractivity contribution in [1.29, 1.82) is 0 Å². The Morgan fingerprint density at radius 3 is 2.32 bits per heavy atom. The van der Waals surface area contributed by atoms with Gasteiger partial charge in [-0.25, -0.2) is 4.39 Å². The Morgan fingerprint density at radius 1 is 1.07 bits per heavy atom. The molecule has 2 atom stereocenters. The van der Waals surface area contributed by atoms with Crippen molar-refractivity contribution >= 4 is 40.7 Å². The van der Waals surface area contributed by atoms with Crippen molar-refractivity contribution in [2.45, 2.75) is 25.9 Å². The lowest BCUT2D eigenvalue weighted by Crippen LogP contribution is -2.46. The summed E-state index contributed by atoms with van der Waals surface area (Å²) in [5.74, 6) is -0.850. The highest BCUT2D eigenvalue weighted by atomic mass is 35.5. The van der Waals surface area contributed by atoms with Gasteiger partial charge in [-0.3, -0.25) is 14.5 Å². The number of benzene rings is 2. The highest BCUT2D eigenvalue weighted by molar-refractivity contribution is 6.42. The largest absolute Gasteiger partial charge is 0.348 e. The van der Waals surface area contributed by atoms with Crippen LogP contribution < -0.4 is 10.6 Å². The van der Waals surface area contributed by atoms with Gasteiger partial charge in [0.05, 0.1) is 28.7 Å². The monoisotopic (exact) mass is 425 g/mol. The fraction of sp³-hybridized carbons (Fsp3) is 0.300. The average molecular weight is 426 g/mol. The Labute approximate surface area is 173 Å². The first kappa shape index (κ1) is 22.1. The van der Waals surface area contributed by atoms with E-state index >= 15 is 0 Å². The van der Waals surface area contributed by atoms with E-state index in [1.807, 2.05) is 6.92 Å². The summed E-state index contributed by atoms with van der Waals surface area (Å²) in [6.45, 7) is 3.54. The van der Waals surface area contributed by atoms with Crippen LogP contribution in [0.2, 0.25) is 10.0 Å². The quantitative estimate of drug-likeness (QED) is 0.695. The lowest BCUT2D eigenvalue weighted by molar-refractivity contribution is -0.127. The second-order valence-electron chi connectivity index (χ2n) is 6.55. The summed E-state index contributed by atoms with van der Waals surface area (Å²) in [4.78, 5) is 26.3. The second-order valence-corrected chi connectivity index (χ2v) is 7.36. The van der Waals surface area contributed by atoms with Gasteiger partial charge < -0.3 is 10.6 Å². The Kier molecular flexibility index (Phi) is 7.80.